The van der Waals surface area contributed by atoms with Crippen LogP contribution in [0.3, 0.4) is 0 Å². The minimum absolute atomic E-state index is 0.0435. The van der Waals surface area contributed by atoms with Gasteiger partial charge in [-0.2, -0.15) is 0 Å². The molecule has 11 heteroatoms. The molecular formula is C26H34Cl3N3O4S. The minimum Gasteiger partial charge on any atom is -0.354 e. The number of hydrogen-bond donors (Lipinski definition) is 1. The van der Waals surface area contributed by atoms with Crippen LogP contribution in [-0.2, 0) is 26.2 Å². The number of benzene rings is 2. The normalized spacial score (nSPS) is 12.3. The van der Waals surface area contributed by atoms with Crippen LogP contribution in [0, 0.1) is 5.92 Å². The predicted molar refractivity (Wildman–Crippen MR) is 152 cm³/mol. The molecule has 0 aliphatic carbocycles. The Bertz CT molecular complexity index is 1190. The third-order valence-electron chi connectivity index (χ3n) is 5.66. The number of amides is 2. The summed E-state index contributed by atoms with van der Waals surface area (Å²) in [6, 6.07) is 10.9. The predicted octanol–water partition coefficient (Wildman–Crippen LogP) is 5.77. The Morgan fingerprint density at radius 1 is 1.03 bits per heavy atom. The summed E-state index contributed by atoms with van der Waals surface area (Å²) in [6.07, 6.45) is 1.82. The molecular weight excluding hydrogens is 557 g/mol. The molecule has 0 spiro atoms. The first-order valence-corrected chi connectivity index (χ1v) is 15.1. The summed E-state index contributed by atoms with van der Waals surface area (Å²) in [4.78, 5) is 28.0. The highest BCUT2D eigenvalue weighted by molar-refractivity contribution is 7.92. The highest BCUT2D eigenvalue weighted by Gasteiger charge is 2.29. The highest BCUT2D eigenvalue weighted by atomic mass is 35.5. The third kappa shape index (κ3) is 9.67. The van der Waals surface area contributed by atoms with Gasteiger partial charge in [-0.15, -0.1) is 0 Å². The van der Waals surface area contributed by atoms with Gasteiger partial charge in [-0.3, -0.25) is 13.9 Å². The van der Waals surface area contributed by atoms with Crippen molar-refractivity contribution in [1.29, 1.82) is 0 Å². The lowest BCUT2D eigenvalue weighted by molar-refractivity contribution is -0.141. The summed E-state index contributed by atoms with van der Waals surface area (Å²) < 4.78 is 26.1. The first kappa shape index (κ1) is 31.2. The zero-order chi connectivity index (χ0) is 27.8. The summed E-state index contributed by atoms with van der Waals surface area (Å²) in [7, 11) is -3.60. The molecule has 1 N–H and O–H groups in total. The molecule has 2 aromatic rings. The van der Waals surface area contributed by atoms with Crippen LogP contribution in [0.2, 0.25) is 15.1 Å². The number of anilines is 1. The molecule has 0 saturated heterocycles. The Morgan fingerprint density at radius 2 is 1.73 bits per heavy atom. The van der Waals surface area contributed by atoms with Crippen molar-refractivity contribution in [3.8, 4) is 0 Å². The molecule has 37 heavy (non-hydrogen) atoms. The maximum atomic E-state index is 13.5. The van der Waals surface area contributed by atoms with Gasteiger partial charge in [-0.1, -0.05) is 67.7 Å². The van der Waals surface area contributed by atoms with Gasteiger partial charge in [0.15, 0.2) is 0 Å². The molecule has 0 fully saturated rings. The molecule has 2 aromatic carbocycles. The zero-order valence-corrected chi connectivity index (χ0v) is 24.6. The third-order valence-corrected chi connectivity index (χ3v) is 7.82. The van der Waals surface area contributed by atoms with Crippen molar-refractivity contribution < 1.29 is 18.0 Å². The number of carbonyl (C=O) groups excluding carboxylic acids is 2. The largest absolute Gasteiger partial charge is 0.354 e. The molecule has 0 saturated carbocycles. The van der Waals surface area contributed by atoms with E-state index >= 15 is 0 Å². The van der Waals surface area contributed by atoms with E-state index in [2.05, 4.69) is 5.32 Å². The zero-order valence-electron chi connectivity index (χ0n) is 21.5. The fourth-order valence-corrected chi connectivity index (χ4v) is 5.27. The Kier molecular flexibility index (Phi) is 12.0. The van der Waals surface area contributed by atoms with E-state index in [9.17, 15) is 18.0 Å². The first-order valence-electron chi connectivity index (χ1n) is 12.1. The summed E-state index contributed by atoms with van der Waals surface area (Å²) >= 11 is 18.3. The minimum atomic E-state index is -3.60. The lowest BCUT2D eigenvalue weighted by atomic mass is 10.1. The van der Waals surface area contributed by atoms with Crippen molar-refractivity contribution in [3.63, 3.8) is 0 Å². The molecule has 0 heterocycles. The second kappa shape index (κ2) is 14.2. The van der Waals surface area contributed by atoms with Gasteiger partial charge in [0.1, 0.15) is 6.04 Å². The number of nitrogens with one attached hydrogen (secondary N) is 1. The Balaban J connectivity index is 2.24. The fourth-order valence-electron chi connectivity index (χ4n) is 3.81. The fraction of sp³-hybridized carbons (Fsp3) is 0.462. The van der Waals surface area contributed by atoms with Gasteiger partial charge < -0.3 is 10.2 Å². The van der Waals surface area contributed by atoms with Crippen LogP contribution in [-0.4, -0.2) is 50.5 Å². The molecule has 1 atom stereocenters. The van der Waals surface area contributed by atoms with Gasteiger partial charge in [0.2, 0.25) is 21.8 Å². The second-order valence-electron chi connectivity index (χ2n) is 9.25. The average molecular weight is 591 g/mol. The van der Waals surface area contributed by atoms with Crippen LogP contribution < -0.4 is 9.62 Å². The van der Waals surface area contributed by atoms with Crippen molar-refractivity contribution >= 4 is 62.3 Å². The maximum absolute atomic E-state index is 13.5. The molecule has 0 bridgehead atoms. The van der Waals surface area contributed by atoms with Crippen LogP contribution in [0.25, 0.3) is 0 Å². The molecule has 0 aromatic heterocycles. The van der Waals surface area contributed by atoms with Crippen molar-refractivity contribution in [2.24, 2.45) is 5.92 Å². The number of halogens is 3. The standard InChI is InChI=1S/C26H34Cl3N3O4S/c1-5-24(26(34)30-16-18(2)3)31(17-19-11-12-22(28)23(29)14-19)25(33)10-7-13-32(37(4,35)36)21-9-6-8-20(27)15-21/h6,8-9,11-12,14-15,18,24H,5,7,10,13,16-17H2,1-4H3,(H,30,34). The average Bonchev–Trinajstić information content (AvgIpc) is 2.81. The number of rotatable bonds is 13. The van der Waals surface area contributed by atoms with Gasteiger partial charge in [0.05, 0.1) is 22.0 Å². The lowest BCUT2D eigenvalue weighted by Gasteiger charge is -2.31. The Labute approximate surface area is 235 Å². The van der Waals surface area contributed by atoms with Gasteiger partial charge >= 0.3 is 0 Å². The number of sulfonamides is 1. The monoisotopic (exact) mass is 589 g/mol. The van der Waals surface area contributed by atoms with E-state index in [1.165, 1.54) is 9.21 Å². The highest BCUT2D eigenvalue weighted by Crippen LogP contribution is 2.25. The first-order chi connectivity index (χ1) is 17.3. The SMILES string of the molecule is CCC(C(=O)NCC(C)C)N(Cc1ccc(Cl)c(Cl)c1)C(=O)CCCN(c1cccc(Cl)c1)S(C)(=O)=O. The maximum Gasteiger partial charge on any atom is 0.242 e. The van der Waals surface area contributed by atoms with Gasteiger partial charge in [-0.25, -0.2) is 8.42 Å². The van der Waals surface area contributed by atoms with Crippen molar-refractivity contribution in [2.75, 3.05) is 23.7 Å². The smallest absolute Gasteiger partial charge is 0.242 e. The Hall–Kier alpha value is -2.00. The van der Waals surface area contributed by atoms with E-state index in [0.29, 0.717) is 33.7 Å². The molecule has 0 aliphatic rings. The molecule has 2 amide bonds. The van der Waals surface area contributed by atoms with Crippen LogP contribution in [0.1, 0.15) is 45.6 Å². The van der Waals surface area contributed by atoms with Crippen molar-refractivity contribution in [1.82, 2.24) is 10.2 Å². The molecule has 0 aliphatic heterocycles. The number of nitrogens with zero attached hydrogens (tertiary/aromatic N) is 2. The quantitative estimate of drug-likeness (QED) is 0.321. The summed E-state index contributed by atoms with van der Waals surface area (Å²) in [5.74, 6) is -0.243. The van der Waals surface area contributed by atoms with Crippen LogP contribution in [0.15, 0.2) is 42.5 Å². The molecule has 2 rings (SSSR count). The number of hydrogen-bond acceptors (Lipinski definition) is 4. The topological polar surface area (TPSA) is 86.8 Å². The van der Waals surface area contributed by atoms with Crippen LogP contribution in [0.5, 0.6) is 0 Å². The van der Waals surface area contributed by atoms with Crippen molar-refractivity contribution in [2.45, 2.75) is 52.6 Å². The van der Waals surface area contributed by atoms with E-state index in [-0.39, 0.29) is 43.7 Å². The molecule has 1 unspecified atom stereocenters. The van der Waals surface area contributed by atoms with Crippen molar-refractivity contribution in [3.05, 3.63) is 63.1 Å². The van der Waals surface area contributed by atoms with E-state index in [4.69, 9.17) is 34.8 Å². The van der Waals surface area contributed by atoms with E-state index in [0.717, 1.165) is 11.8 Å². The molecule has 0 radical (unpaired) electrons. The van der Waals surface area contributed by atoms with Crippen LogP contribution in [0.4, 0.5) is 5.69 Å². The Morgan fingerprint density at radius 3 is 2.30 bits per heavy atom. The van der Waals surface area contributed by atoms with Gasteiger partial charge in [-0.05, 0) is 54.7 Å². The van der Waals surface area contributed by atoms with E-state index in [1.54, 1.807) is 42.5 Å². The summed E-state index contributed by atoms with van der Waals surface area (Å²) in [5, 5.41) is 4.08. The lowest BCUT2D eigenvalue weighted by Crippen LogP contribution is -2.49. The van der Waals surface area contributed by atoms with Gasteiger partial charge in [0, 0.05) is 31.1 Å². The molecule has 7 nitrogen and oxygen atoms in total. The van der Waals surface area contributed by atoms with E-state index < -0.39 is 16.1 Å². The number of carbonyl (C=O) groups is 2. The second-order valence-corrected chi connectivity index (χ2v) is 12.4. The van der Waals surface area contributed by atoms with E-state index in [1.807, 2.05) is 20.8 Å². The summed E-state index contributed by atoms with van der Waals surface area (Å²) in [6.45, 7) is 6.57. The van der Waals surface area contributed by atoms with Crippen LogP contribution >= 0.6 is 34.8 Å². The molecule has 204 valence electrons. The summed E-state index contributed by atoms with van der Waals surface area (Å²) in [5.41, 5.74) is 1.16. The van der Waals surface area contributed by atoms with Gasteiger partial charge in [0.25, 0.3) is 0 Å².